The molecule has 1 aromatic rings. The third-order valence-corrected chi connectivity index (χ3v) is 2.17. The van der Waals surface area contributed by atoms with E-state index in [2.05, 4.69) is 24.2 Å². The van der Waals surface area contributed by atoms with E-state index in [1.54, 1.807) is 13.8 Å². The van der Waals surface area contributed by atoms with Crippen molar-refractivity contribution in [2.24, 2.45) is 0 Å². The van der Waals surface area contributed by atoms with Crippen molar-refractivity contribution in [3.05, 3.63) is 29.3 Å². The SMILES string of the molecule is CCOOC(=O)c1ccc(C(=O)OOCC)c(OB(O)O)c1. The topological polar surface area (TPSA) is 121 Å². The Morgan fingerprint density at radius 1 is 1.05 bits per heavy atom. The maximum atomic E-state index is 11.7. The van der Waals surface area contributed by atoms with Crippen molar-refractivity contribution < 1.29 is 43.8 Å². The van der Waals surface area contributed by atoms with Crippen LogP contribution in [-0.2, 0) is 19.6 Å². The van der Waals surface area contributed by atoms with Crippen LogP contribution in [0.3, 0.4) is 0 Å². The molecule has 0 saturated heterocycles. The van der Waals surface area contributed by atoms with Gasteiger partial charge in [0.25, 0.3) is 0 Å². The van der Waals surface area contributed by atoms with Gasteiger partial charge in [-0.05, 0) is 32.0 Å². The summed E-state index contributed by atoms with van der Waals surface area (Å²) in [7, 11) is -2.20. The second-order valence-corrected chi connectivity index (χ2v) is 3.71. The van der Waals surface area contributed by atoms with Crippen molar-refractivity contribution >= 4 is 19.3 Å². The first kappa shape index (κ1) is 17.9. The van der Waals surface area contributed by atoms with Crippen molar-refractivity contribution in [1.29, 1.82) is 0 Å². The maximum absolute atomic E-state index is 11.7. The zero-order valence-corrected chi connectivity index (χ0v) is 12.0. The van der Waals surface area contributed by atoms with E-state index in [0.717, 1.165) is 6.07 Å². The Morgan fingerprint density at radius 2 is 1.64 bits per heavy atom. The van der Waals surface area contributed by atoms with Gasteiger partial charge in [-0.15, -0.1) is 0 Å². The number of carbonyl (C=O) groups excluding carboxylic acids is 2. The standard InChI is InChI=1S/C12H15BO9/c1-3-18-21-11(14)8-5-6-9(12(15)22-19-4-2)10(7-8)20-13(16)17/h5-7,16-17H,3-4H2,1-2H3. The first-order valence-corrected chi connectivity index (χ1v) is 6.34. The van der Waals surface area contributed by atoms with Gasteiger partial charge in [0.15, 0.2) is 0 Å². The molecule has 0 aliphatic rings. The molecule has 22 heavy (non-hydrogen) atoms. The minimum Gasteiger partial charge on any atom is -0.511 e. The van der Waals surface area contributed by atoms with Crippen molar-refractivity contribution in [3.63, 3.8) is 0 Å². The molecule has 0 aliphatic heterocycles. The summed E-state index contributed by atoms with van der Waals surface area (Å²) in [5.74, 6) is -2.07. The molecule has 0 bridgehead atoms. The van der Waals surface area contributed by atoms with Gasteiger partial charge in [-0.25, -0.2) is 9.59 Å². The largest absolute Gasteiger partial charge is 0.707 e. The Labute approximate surface area is 126 Å². The van der Waals surface area contributed by atoms with Crippen molar-refractivity contribution in [3.8, 4) is 5.75 Å². The molecule has 0 unspecified atom stereocenters. The molecule has 1 aromatic carbocycles. The highest BCUT2D eigenvalue weighted by Crippen LogP contribution is 2.22. The Balaban J connectivity index is 3.02. The van der Waals surface area contributed by atoms with Crippen LogP contribution >= 0.6 is 0 Å². The van der Waals surface area contributed by atoms with Crippen LogP contribution in [0.4, 0.5) is 0 Å². The molecule has 0 atom stereocenters. The predicted octanol–water partition coefficient (Wildman–Crippen LogP) is 0.251. The minimum absolute atomic E-state index is 0.0305. The fourth-order valence-corrected chi connectivity index (χ4v) is 1.35. The van der Waals surface area contributed by atoms with Crippen molar-refractivity contribution in [1.82, 2.24) is 0 Å². The molecule has 10 heteroatoms. The predicted molar refractivity (Wildman–Crippen MR) is 71.3 cm³/mol. The molecule has 0 fully saturated rings. The monoisotopic (exact) mass is 314 g/mol. The number of rotatable bonds is 8. The molecule has 0 aromatic heterocycles. The molecule has 9 nitrogen and oxygen atoms in total. The van der Waals surface area contributed by atoms with E-state index in [1.807, 2.05) is 0 Å². The summed E-state index contributed by atoms with van der Waals surface area (Å²) in [6.45, 7) is 3.51. The highest BCUT2D eigenvalue weighted by molar-refractivity contribution is 6.34. The molecule has 0 radical (unpaired) electrons. The molecule has 120 valence electrons. The van der Waals surface area contributed by atoms with E-state index in [4.69, 9.17) is 10.0 Å². The van der Waals surface area contributed by atoms with Crippen LogP contribution in [0.5, 0.6) is 5.75 Å². The van der Waals surface area contributed by atoms with Crippen LogP contribution in [0.15, 0.2) is 18.2 Å². The van der Waals surface area contributed by atoms with Gasteiger partial charge in [0.05, 0.1) is 18.8 Å². The highest BCUT2D eigenvalue weighted by atomic mass is 17.2. The summed E-state index contributed by atoms with van der Waals surface area (Å²) in [6.07, 6.45) is 0. The average molecular weight is 314 g/mol. The van der Waals surface area contributed by atoms with Crippen LogP contribution in [0.2, 0.25) is 0 Å². The summed E-state index contributed by atoms with van der Waals surface area (Å²) in [4.78, 5) is 41.2. The van der Waals surface area contributed by atoms with E-state index >= 15 is 0 Å². The normalized spacial score (nSPS) is 10.0. The van der Waals surface area contributed by atoms with Crippen LogP contribution in [-0.4, -0.2) is 42.5 Å². The maximum Gasteiger partial charge on any atom is 0.707 e. The Bertz CT molecular complexity index is 517. The molecule has 0 aliphatic carbocycles. The first-order chi connectivity index (χ1) is 10.5. The molecule has 2 N–H and O–H groups in total. The van der Waals surface area contributed by atoms with Crippen LogP contribution in [0.25, 0.3) is 0 Å². The average Bonchev–Trinajstić information content (AvgIpc) is 2.49. The van der Waals surface area contributed by atoms with Gasteiger partial charge in [0, 0.05) is 0 Å². The number of hydrogen-bond donors (Lipinski definition) is 2. The van der Waals surface area contributed by atoms with Gasteiger partial charge < -0.3 is 14.7 Å². The molecule has 1 rings (SSSR count). The molecule has 0 amide bonds. The Hall–Kier alpha value is -2.14. The summed E-state index contributed by atoms with van der Waals surface area (Å²) < 4.78 is 4.65. The van der Waals surface area contributed by atoms with Crippen molar-refractivity contribution in [2.45, 2.75) is 13.8 Å². The molecule has 0 spiro atoms. The smallest absolute Gasteiger partial charge is 0.511 e. The fourth-order valence-electron chi connectivity index (χ4n) is 1.35. The summed E-state index contributed by atoms with van der Waals surface area (Å²) in [5.41, 5.74) is -0.202. The van der Waals surface area contributed by atoms with Gasteiger partial charge in [-0.3, -0.25) is 9.78 Å². The van der Waals surface area contributed by atoms with E-state index in [1.165, 1.54) is 12.1 Å². The van der Waals surface area contributed by atoms with E-state index < -0.39 is 19.3 Å². The second kappa shape index (κ2) is 9.00. The fraction of sp³-hybridized carbons (Fsp3) is 0.333. The van der Waals surface area contributed by atoms with Crippen LogP contribution < -0.4 is 4.65 Å². The van der Waals surface area contributed by atoms with Gasteiger partial charge in [-0.1, -0.05) is 0 Å². The lowest BCUT2D eigenvalue weighted by Gasteiger charge is -2.11. The van der Waals surface area contributed by atoms with Gasteiger partial charge in [-0.2, -0.15) is 9.78 Å². The lowest BCUT2D eigenvalue weighted by molar-refractivity contribution is -0.237. The number of carbonyl (C=O) groups is 2. The molecular formula is C12H15BO9. The van der Waals surface area contributed by atoms with E-state index in [9.17, 15) is 9.59 Å². The van der Waals surface area contributed by atoms with Gasteiger partial charge in [0.1, 0.15) is 11.3 Å². The zero-order chi connectivity index (χ0) is 16.5. The summed E-state index contributed by atoms with van der Waals surface area (Å²) in [5, 5.41) is 17.7. The molecular weight excluding hydrogens is 299 g/mol. The number of benzene rings is 1. The third kappa shape index (κ3) is 5.33. The van der Waals surface area contributed by atoms with E-state index in [0.29, 0.717) is 0 Å². The third-order valence-electron chi connectivity index (χ3n) is 2.17. The second-order valence-electron chi connectivity index (χ2n) is 3.71. The lowest BCUT2D eigenvalue weighted by atomic mass is 10.1. The lowest BCUT2D eigenvalue weighted by Crippen LogP contribution is -2.23. The highest BCUT2D eigenvalue weighted by Gasteiger charge is 2.22. The van der Waals surface area contributed by atoms with Crippen molar-refractivity contribution in [2.75, 3.05) is 13.2 Å². The van der Waals surface area contributed by atoms with Crippen LogP contribution in [0, 0.1) is 0 Å². The minimum atomic E-state index is -2.20. The first-order valence-electron chi connectivity index (χ1n) is 6.34. The van der Waals surface area contributed by atoms with Gasteiger partial charge >= 0.3 is 19.3 Å². The number of hydrogen-bond acceptors (Lipinski definition) is 9. The summed E-state index contributed by atoms with van der Waals surface area (Å²) in [6, 6.07) is 3.51. The Morgan fingerprint density at radius 3 is 2.18 bits per heavy atom. The quantitative estimate of drug-likeness (QED) is 0.395. The summed E-state index contributed by atoms with van der Waals surface area (Å²) >= 11 is 0. The Kier molecular flexibility index (Phi) is 7.33. The molecule has 0 saturated carbocycles. The van der Waals surface area contributed by atoms with Gasteiger partial charge in [0.2, 0.25) is 0 Å². The van der Waals surface area contributed by atoms with E-state index in [-0.39, 0.29) is 30.1 Å². The molecule has 0 heterocycles. The van der Waals surface area contributed by atoms with Crippen LogP contribution in [0.1, 0.15) is 34.6 Å². The zero-order valence-electron chi connectivity index (χ0n) is 12.0.